The molecule has 0 spiro atoms. The van der Waals surface area contributed by atoms with E-state index in [1.54, 1.807) is 7.11 Å². The van der Waals surface area contributed by atoms with Crippen molar-refractivity contribution in [1.82, 2.24) is 9.88 Å². The molecule has 0 aliphatic heterocycles. The fraction of sp³-hybridized carbons (Fsp3) is 0.500. The number of fused-ring (bicyclic) bond motifs is 1. The summed E-state index contributed by atoms with van der Waals surface area (Å²) in [6, 6.07) is 11.6. The number of hydrogen-bond donors (Lipinski definition) is 1. The summed E-state index contributed by atoms with van der Waals surface area (Å²) in [5.74, 6) is 0.580. The predicted octanol–water partition coefficient (Wildman–Crippen LogP) is 4.91. The molecule has 0 bridgehead atoms. The Morgan fingerprint density at radius 1 is 1.19 bits per heavy atom. The molecule has 1 unspecified atom stereocenters. The predicted molar refractivity (Wildman–Crippen MR) is 112 cm³/mol. The number of rotatable bonds is 9. The smallest absolute Gasteiger partial charge is 0.0479 e. The third kappa shape index (κ3) is 4.36. The third-order valence-electron chi connectivity index (χ3n) is 5.85. The van der Waals surface area contributed by atoms with Crippen LogP contribution >= 0.6 is 0 Å². The zero-order valence-electron chi connectivity index (χ0n) is 16.7. The summed E-state index contributed by atoms with van der Waals surface area (Å²) < 4.78 is 7.81. The van der Waals surface area contributed by atoms with E-state index in [9.17, 15) is 0 Å². The van der Waals surface area contributed by atoms with Crippen molar-refractivity contribution < 1.29 is 4.74 Å². The molecular formula is C24H32N2O. The first kappa shape index (κ1) is 18.5. The van der Waals surface area contributed by atoms with E-state index in [2.05, 4.69) is 59.4 Å². The fourth-order valence-electron chi connectivity index (χ4n) is 4.28. The van der Waals surface area contributed by atoms with Gasteiger partial charge in [0.25, 0.3) is 0 Å². The number of allylic oxidation sites excluding steroid dienone is 2. The summed E-state index contributed by atoms with van der Waals surface area (Å²) in [6.07, 6.45) is 10.8. The maximum absolute atomic E-state index is 5.29. The monoisotopic (exact) mass is 364 g/mol. The Morgan fingerprint density at radius 3 is 2.74 bits per heavy atom. The van der Waals surface area contributed by atoms with E-state index in [-0.39, 0.29) is 0 Å². The largest absolute Gasteiger partial charge is 0.385 e. The van der Waals surface area contributed by atoms with Crippen molar-refractivity contribution in [2.45, 2.75) is 64.1 Å². The molecule has 1 saturated carbocycles. The summed E-state index contributed by atoms with van der Waals surface area (Å²) in [4.78, 5) is 0. The van der Waals surface area contributed by atoms with Gasteiger partial charge < -0.3 is 14.6 Å². The highest BCUT2D eigenvalue weighted by atomic mass is 16.5. The van der Waals surface area contributed by atoms with E-state index in [4.69, 9.17) is 4.74 Å². The molecule has 1 heterocycles. The number of nitrogens with zero attached hydrogens (tertiary/aromatic N) is 1. The van der Waals surface area contributed by atoms with Gasteiger partial charge in [0, 0.05) is 56.2 Å². The van der Waals surface area contributed by atoms with Crippen molar-refractivity contribution >= 4 is 5.57 Å². The molecule has 1 fully saturated rings. The number of benzene rings is 1. The molecule has 1 N–H and O–H groups in total. The molecule has 2 aromatic rings. The molecule has 2 aliphatic rings. The molecule has 3 heteroatoms. The van der Waals surface area contributed by atoms with Crippen LogP contribution in [0.4, 0.5) is 0 Å². The summed E-state index contributed by atoms with van der Waals surface area (Å²) in [5.41, 5.74) is 7.43. The standard InChI is InChI=1S/C24H32N2O/c1-18-9-10-20(15-19-7-4-3-5-8-19)23-21(16-25-22-11-12-22)17-26(24(18)23)13-6-14-27-2/h3-5,7-8,10,17-18,22,25H,6,9,11-16H2,1-2H3. The quantitative estimate of drug-likeness (QED) is 0.640. The second-order valence-electron chi connectivity index (χ2n) is 8.14. The van der Waals surface area contributed by atoms with Crippen molar-refractivity contribution in [2.75, 3.05) is 13.7 Å². The number of hydrogen-bond acceptors (Lipinski definition) is 2. The van der Waals surface area contributed by atoms with Crippen molar-refractivity contribution in [3.05, 3.63) is 65.0 Å². The zero-order chi connectivity index (χ0) is 18.6. The lowest BCUT2D eigenvalue weighted by atomic mass is 9.84. The molecule has 1 aromatic heterocycles. The van der Waals surface area contributed by atoms with Gasteiger partial charge in [-0.25, -0.2) is 0 Å². The van der Waals surface area contributed by atoms with Gasteiger partial charge in [-0.15, -0.1) is 0 Å². The van der Waals surface area contributed by atoms with Crippen LogP contribution in [0.15, 0.2) is 42.6 Å². The third-order valence-corrected chi connectivity index (χ3v) is 5.85. The average molecular weight is 365 g/mol. The van der Waals surface area contributed by atoms with E-state index < -0.39 is 0 Å². The Balaban J connectivity index is 1.64. The van der Waals surface area contributed by atoms with Crippen LogP contribution in [-0.2, 0) is 24.2 Å². The summed E-state index contributed by atoms with van der Waals surface area (Å²) in [6.45, 7) is 5.23. The van der Waals surface area contributed by atoms with E-state index >= 15 is 0 Å². The Kier molecular flexibility index (Phi) is 5.80. The van der Waals surface area contributed by atoms with Crippen LogP contribution < -0.4 is 5.32 Å². The average Bonchev–Trinajstić information content (AvgIpc) is 3.44. The van der Waals surface area contributed by atoms with Gasteiger partial charge in [-0.05, 0) is 48.8 Å². The number of methoxy groups -OCH3 is 1. The first-order valence-corrected chi connectivity index (χ1v) is 10.4. The van der Waals surface area contributed by atoms with Crippen molar-refractivity contribution in [3.8, 4) is 0 Å². The maximum Gasteiger partial charge on any atom is 0.0479 e. The van der Waals surface area contributed by atoms with Gasteiger partial charge in [0.05, 0.1) is 0 Å². The van der Waals surface area contributed by atoms with E-state index in [0.717, 1.165) is 45.0 Å². The van der Waals surface area contributed by atoms with Crippen molar-refractivity contribution in [1.29, 1.82) is 0 Å². The molecule has 0 saturated heterocycles. The maximum atomic E-state index is 5.29. The lowest BCUT2D eigenvalue weighted by Crippen LogP contribution is -2.16. The van der Waals surface area contributed by atoms with Crippen molar-refractivity contribution in [3.63, 3.8) is 0 Å². The second kappa shape index (κ2) is 8.45. The Labute approximate surface area is 163 Å². The number of aromatic nitrogens is 1. The van der Waals surface area contributed by atoms with Crippen LogP contribution in [0.25, 0.3) is 5.57 Å². The molecule has 3 nitrogen and oxygen atoms in total. The summed E-state index contributed by atoms with van der Waals surface area (Å²) >= 11 is 0. The van der Waals surface area contributed by atoms with Crippen LogP contribution in [0.3, 0.4) is 0 Å². The molecule has 144 valence electrons. The minimum absolute atomic E-state index is 0.580. The molecular weight excluding hydrogens is 332 g/mol. The molecule has 0 amide bonds. The highest BCUT2D eigenvalue weighted by molar-refractivity contribution is 5.74. The second-order valence-corrected chi connectivity index (χ2v) is 8.14. The van der Waals surface area contributed by atoms with E-state index in [1.807, 2.05) is 0 Å². The van der Waals surface area contributed by atoms with Gasteiger partial charge in [0.15, 0.2) is 0 Å². The van der Waals surface area contributed by atoms with E-state index in [1.165, 1.54) is 40.8 Å². The molecule has 4 rings (SSSR count). The minimum Gasteiger partial charge on any atom is -0.385 e. The van der Waals surface area contributed by atoms with Crippen LogP contribution in [-0.4, -0.2) is 24.3 Å². The van der Waals surface area contributed by atoms with Crippen LogP contribution in [0.1, 0.15) is 60.9 Å². The van der Waals surface area contributed by atoms with Gasteiger partial charge in [-0.3, -0.25) is 0 Å². The van der Waals surface area contributed by atoms with Crippen LogP contribution in [0, 0.1) is 0 Å². The SMILES string of the molecule is COCCCn1cc(CNC2CC2)c2c1C(C)CC=C2Cc1ccccc1. The summed E-state index contributed by atoms with van der Waals surface area (Å²) in [7, 11) is 1.79. The Hall–Kier alpha value is -1.84. The van der Waals surface area contributed by atoms with Gasteiger partial charge in [0.1, 0.15) is 0 Å². The van der Waals surface area contributed by atoms with Gasteiger partial charge >= 0.3 is 0 Å². The normalized spacial score (nSPS) is 19.0. The topological polar surface area (TPSA) is 26.2 Å². The van der Waals surface area contributed by atoms with Crippen LogP contribution in [0.5, 0.6) is 0 Å². The minimum atomic E-state index is 0.580. The highest BCUT2D eigenvalue weighted by Gasteiger charge is 2.27. The number of nitrogens with one attached hydrogen (secondary N) is 1. The number of aryl methyl sites for hydroxylation is 1. The molecule has 1 aromatic carbocycles. The Morgan fingerprint density at radius 2 is 2.00 bits per heavy atom. The molecule has 27 heavy (non-hydrogen) atoms. The zero-order valence-corrected chi connectivity index (χ0v) is 16.7. The lowest BCUT2D eigenvalue weighted by molar-refractivity contribution is 0.190. The van der Waals surface area contributed by atoms with Crippen molar-refractivity contribution in [2.24, 2.45) is 0 Å². The lowest BCUT2D eigenvalue weighted by Gasteiger charge is -2.24. The Bertz CT molecular complexity index is 786. The van der Waals surface area contributed by atoms with Gasteiger partial charge in [0.2, 0.25) is 0 Å². The summed E-state index contributed by atoms with van der Waals surface area (Å²) in [5, 5.41) is 3.74. The number of ether oxygens (including phenoxy) is 1. The molecule has 0 radical (unpaired) electrons. The first-order valence-electron chi connectivity index (χ1n) is 10.4. The fourth-order valence-corrected chi connectivity index (χ4v) is 4.28. The molecule has 2 aliphatic carbocycles. The van der Waals surface area contributed by atoms with E-state index in [0.29, 0.717) is 5.92 Å². The highest BCUT2D eigenvalue weighted by Crippen LogP contribution is 2.39. The van der Waals surface area contributed by atoms with Gasteiger partial charge in [-0.1, -0.05) is 43.3 Å². The molecule has 1 atom stereocenters. The first-order chi connectivity index (χ1) is 13.3. The van der Waals surface area contributed by atoms with Crippen LogP contribution in [0.2, 0.25) is 0 Å². The van der Waals surface area contributed by atoms with Gasteiger partial charge in [-0.2, -0.15) is 0 Å².